The van der Waals surface area contributed by atoms with Gasteiger partial charge in [-0.1, -0.05) is 32.9 Å². The highest BCUT2D eigenvalue weighted by molar-refractivity contribution is 5.80. The van der Waals surface area contributed by atoms with Crippen LogP contribution in [0, 0.1) is 17.8 Å². The summed E-state index contributed by atoms with van der Waals surface area (Å²) in [6.07, 6.45) is 4.44. The van der Waals surface area contributed by atoms with Gasteiger partial charge < -0.3 is 10.2 Å². The third-order valence-corrected chi connectivity index (χ3v) is 2.46. The van der Waals surface area contributed by atoms with E-state index in [4.69, 9.17) is 10.2 Å². The lowest BCUT2D eigenvalue weighted by molar-refractivity contribution is -0.154. The molecule has 0 aromatic heterocycles. The maximum atomic E-state index is 11.0. The summed E-state index contributed by atoms with van der Waals surface area (Å²) < 4.78 is 0. The molecule has 0 rings (SSSR count). The Morgan fingerprint density at radius 1 is 1.20 bits per heavy atom. The first-order chi connectivity index (χ1) is 6.91. The van der Waals surface area contributed by atoms with Gasteiger partial charge >= 0.3 is 11.9 Å². The summed E-state index contributed by atoms with van der Waals surface area (Å²) in [5.41, 5.74) is 0. The fourth-order valence-corrected chi connectivity index (χ4v) is 1.52. The van der Waals surface area contributed by atoms with Gasteiger partial charge in [-0.05, 0) is 12.3 Å². The van der Waals surface area contributed by atoms with E-state index in [0.29, 0.717) is 0 Å². The lowest BCUT2D eigenvalue weighted by Gasteiger charge is -2.20. The normalized spacial score (nSPS) is 17.3. The van der Waals surface area contributed by atoms with E-state index in [9.17, 15) is 9.59 Å². The van der Waals surface area contributed by atoms with Gasteiger partial charge in [0.1, 0.15) is 0 Å². The zero-order chi connectivity index (χ0) is 12.0. The van der Waals surface area contributed by atoms with Crippen molar-refractivity contribution in [1.29, 1.82) is 0 Å². The van der Waals surface area contributed by atoms with Gasteiger partial charge in [0.2, 0.25) is 0 Å². The topological polar surface area (TPSA) is 74.6 Å². The molecule has 4 heteroatoms. The number of carboxylic acid groups (broad SMARTS) is 2. The molecule has 0 aromatic carbocycles. The first-order valence-corrected chi connectivity index (χ1v) is 5.04. The Bertz CT molecular complexity index is 257. The molecule has 0 heterocycles. The predicted molar refractivity (Wildman–Crippen MR) is 56.5 cm³/mol. The molecule has 0 aromatic rings. The number of aliphatic carboxylic acids is 2. The second kappa shape index (κ2) is 6.22. The fourth-order valence-electron chi connectivity index (χ4n) is 1.52. The van der Waals surface area contributed by atoms with Gasteiger partial charge in [0, 0.05) is 0 Å². The van der Waals surface area contributed by atoms with Crippen molar-refractivity contribution in [2.45, 2.75) is 27.2 Å². The Labute approximate surface area is 89.6 Å². The summed E-state index contributed by atoms with van der Waals surface area (Å²) in [6, 6.07) is 0. The highest BCUT2D eigenvalue weighted by Crippen LogP contribution is 2.23. The van der Waals surface area contributed by atoms with Gasteiger partial charge in [-0.25, -0.2) is 0 Å². The molecule has 3 unspecified atom stereocenters. The van der Waals surface area contributed by atoms with Crippen molar-refractivity contribution >= 4 is 11.9 Å². The molecule has 0 saturated heterocycles. The van der Waals surface area contributed by atoms with Gasteiger partial charge in [-0.15, -0.1) is 0 Å². The van der Waals surface area contributed by atoms with Gasteiger partial charge in [-0.3, -0.25) is 9.59 Å². The Hall–Kier alpha value is -1.32. The zero-order valence-electron chi connectivity index (χ0n) is 9.30. The molecule has 3 atom stereocenters. The van der Waals surface area contributed by atoms with Crippen molar-refractivity contribution in [3.05, 3.63) is 12.2 Å². The molecule has 0 aliphatic rings. The van der Waals surface area contributed by atoms with Gasteiger partial charge in [0.15, 0.2) is 0 Å². The van der Waals surface area contributed by atoms with Crippen LogP contribution in [-0.2, 0) is 9.59 Å². The molecular weight excluding hydrogens is 196 g/mol. The van der Waals surface area contributed by atoms with Crippen LogP contribution < -0.4 is 0 Å². The van der Waals surface area contributed by atoms with Gasteiger partial charge in [-0.2, -0.15) is 0 Å². The molecule has 0 aliphatic carbocycles. The van der Waals surface area contributed by atoms with Crippen LogP contribution in [0.1, 0.15) is 27.2 Å². The van der Waals surface area contributed by atoms with E-state index in [0.717, 1.165) is 6.42 Å². The molecule has 0 spiro atoms. The van der Waals surface area contributed by atoms with Crippen LogP contribution in [0.2, 0.25) is 0 Å². The van der Waals surface area contributed by atoms with Gasteiger partial charge in [0.05, 0.1) is 11.8 Å². The maximum Gasteiger partial charge on any atom is 0.307 e. The third-order valence-electron chi connectivity index (χ3n) is 2.46. The summed E-state index contributed by atoms with van der Waals surface area (Å²) in [5, 5.41) is 17.8. The standard InChI is InChI=1S/C11H18O4/c1-4-5-6-7(2)9(11(14)15)8(3)10(12)13/h5-9H,4H2,1-3H3,(H,12,13)(H,14,15). The fraction of sp³-hybridized carbons (Fsp3) is 0.636. The molecule has 4 nitrogen and oxygen atoms in total. The molecule has 0 fully saturated rings. The SMILES string of the molecule is CCC=CC(C)C(C(=O)O)C(C)C(=O)O. The van der Waals surface area contributed by atoms with Crippen LogP contribution in [-0.4, -0.2) is 22.2 Å². The minimum atomic E-state index is -1.07. The minimum Gasteiger partial charge on any atom is -0.481 e. The molecule has 86 valence electrons. The van der Waals surface area contributed by atoms with Crippen LogP contribution in [0.5, 0.6) is 0 Å². The van der Waals surface area contributed by atoms with Crippen LogP contribution in [0.3, 0.4) is 0 Å². The summed E-state index contributed by atoms with van der Waals surface area (Å²) in [6.45, 7) is 5.10. The van der Waals surface area contributed by atoms with E-state index in [1.165, 1.54) is 6.92 Å². The highest BCUT2D eigenvalue weighted by Gasteiger charge is 2.33. The van der Waals surface area contributed by atoms with E-state index in [1.807, 2.05) is 13.0 Å². The number of hydrogen-bond acceptors (Lipinski definition) is 2. The summed E-state index contributed by atoms with van der Waals surface area (Å²) in [7, 11) is 0. The predicted octanol–water partition coefficient (Wildman–Crippen LogP) is 2.01. The van der Waals surface area contributed by atoms with E-state index < -0.39 is 23.8 Å². The number of carbonyl (C=O) groups is 2. The van der Waals surface area contributed by atoms with E-state index in [-0.39, 0.29) is 5.92 Å². The zero-order valence-corrected chi connectivity index (χ0v) is 9.30. The van der Waals surface area contributed by atoms with Gasteiger partial charge in [0.25, 0.3) is 0 Å². The average Bonchev–Trinajstić information content (AvgIpc) is 2.14. The Morgan fingerprint density at radius 3 is 2.07 bits per heavy atom. The number of hydrogen-bond donors (Lipinski definition) is 2. The van der Waals surface area contributed by atoms with Crippen LogP contribution >= 0.6 is 0 Å². The molecule has 0 amide bonds. The molecule has 0 bridgehead atoms. The monoisotopic (exact) mass is 214 g/mol. The first kappa shape index (κ1) is 13.7. The molecular formula is C11H18O4. The smallest absolute Gasteiger partial charge is 0.307 e. The molecule has 15 heavy (non-hydrogen) atoms. The lowest BCUT2D eigenvalue weighted by atomic mass is 9.83. The van der Waals surface area contributed by atoms with Crippen molar-refractivity contribution in [1.82, 2.24) is 0 Å². The number of allylic oxidation sites excluding steroid dienone is 2. The quantitative estimate of drug-likeness (QED) is 0.663. The lowest BCUT2D eigenvalue weighted by Crippen LogP contribution is -2.32. The van der Waals surface area contributed by atoms with E-state index >= 15 is 0 Å². The molecule has 0 saturated carbocycles. The molecule has 2 N–H and O–H groups in total. The summed E-state index contributed by atoms with van der Waals surface area (Å²) in [5.74, 6) is -4.14. The minimum absolute atomic E-state index is 0.270. The molecule has 0 radical (unpaired) electrons. The van der Waals surface area contributed by atoms with Crippen molar-refractivity contribution in [2.75, 3.05) is 0 Å². The Morgan fingerprint density at radius 2 is 1.73 bits per heavy atom. The second-order valence-corrected chi connectivity index (χ2v) is 3.69. The molecule has 0 aliphatic heterocycles. The van der Waals surface area contributed by atoms with Crippen LogP contribution in [0.4, 0.5) is 0 Å². The van der Waals surface area contributed by atoms with Crippen molar-refractivity contribution < 1.29 is 19.8 Å². The van der Waals surface area contributed by atoms with Crippen molar-refractivity contribution in [3.8, 4) is 0 Å². The summed E-state index contributed by atoms with van der Waals surface area (Å²) >= 11 is 0. The first-order valence-electron chi connectivity index (χ1n) is 5.04. The Kier molecular flexibility index (Phi) is 5.67. The van der Waals surface area contributed by atoms with Crippen molar-refractivity contribution in [3.63, 3.8) is 0 Å². The average molecular weight is 214 g/mol. The third kappa shape index (κ3) is 4.14. The largest absolute Gasteiger partial charge is 0.481 e. The van der Waals surface area contributed by atoms with Crippen LogP contribution in [0.15, 0.2) is 12.2 Å². The van der Waals surface area contributed by atoms with Crippen molar-refractivity contribution in [2.24, 2.45) is 17.8 Å². The van der Waals surface area contributed by atoms with E-state index in [1.54, 1.807) is 13.0 Å². The maximum absolute atomic E-state index is 11.0. The Balaban J connectivity index is 4.73. The highest BCUT2D eigenvalue weighted by atomic mass is 16.4. The number of carboxylic acids is 2. The number of rotatable bonds is 6. The summed E-state index contributed by atoms with van der Waals surface area (Å²) in [4.78, 5) is 21.7. The second-order valence-electron chi connectivity index (χ2n) is 3.69. The van der Waals surface area contributed by atoms with Crippen LogP contribution in [0.25, 0.3) is 0 Å². The van der Waals surface area contributed by atoms with E-state index in [2.05, 4.69) is 0 Å².